The molecule has 0 unspecified atom stereocenters. The average Bonchev–Trinajstić information content (AvgIpc) is 2.71. The summed E-state index contributed by atoms with van der Waals surface area (Å²) in [4.78, 5) is 18.6. The second-order valence-corrected chi connectivity index (χ2v) is 4.63. The molecule has 1 heterocycles. The van der Waals surface area contributed by atoms with Gasteiger partial charge in [0.05, 0.1) is 11.3 Å². The molecule has 94 valence electrons. The quantitative estimate of drug-likeness (QED) is 0.871. The molecule has 4 nitrogen and oxygen atoms in total. The molecule has 0 spiro atoms. The van der Waals surface area contributed by atoms with Crippen LogP contribution < -0.4 is 0 Å². The lowest BCUT2D eigenvalue weighted by atomic mass is 10.1. The average molecular weight is 244 g/mol. The maximum absolute atomic E-state index is 10.8. The van der Waals surface area contributed by atoms with Gasteiger partial charge in [-0.15, -0.1) is 0 Å². The number of benzene rings is 1. The number of aromatic nitrogens is 2. The fourth-order valence-electron chi connectivity index (χ4n) is 1.94. The summed E-state index contributed by atoms with van der Waals surface area (Å²) >= 11 is 0. The van der Waals surface area contributed by atoms with Crippen molar-refractivity contribution in [3.05, 3.63) is 41.2 Å². The van der Waals surface area contributed by atoms with Gasteiger partial charge in [0.25, 0.3) is 0 Å². The Morgan fingerprint density at radius 1 is 1.28 bits per heavy atom. The van der Waals surface area contributed by atoms with Gasteiger partial charge in [0, 0.05) is 11.3 Å². The molecule has 2 aromatic rings. The van der Waals surface area contributed by atoms with E-state index in [0.717, 1.165) is 22.8 Å². The first-order valence-corrected chi connectivity index (χ1v) is 5.89. The fraction of sp³-hybridized carbons (Fsp3) is 0.286. The highest BCUT2D eigenvalue weighted by Crippen LogP contribution is 2.22. The molecular weight excluding hydrogens is 228 g/mol. The summed E-state index contributed by atoms with van der Waals surface area (Å²) in [5, 5.41) is 8.84. The molecule has 0 saturated carbocycles. The third-order valence-electron chi connectivity index (χ3n) is 2.87. The molecule has 18 heavy (non-hydrogen) atoms. The van der Waals surface area contributed by atoms with E-state index in [9.17, 15) is 4.79 Å². The summed E-state index contributed by atoms with van der Waals surface area (Å²) in [6, 6.07) is 6.72. The first-order valence-electron chi connectivity index (χ1n) is 5.89. The fourth-order valence-corrected chi connectivity index (χ4v) is 1.94. The number of carboxylic acids is 1. The van der Waals surface area contributed by atoms with Crippen LogP contribution in [0.2, 0.25) is 0 Å². The smallest absolute Gasteiger partial charge is 0.335 e. The summed E-state index contributed by atoms with van der Waals surface area (Å²) in [6.07, 6.45) is 0. The van der Waals surface area contributed by atoms with E-state index in [-0.39, 0.29) is 5.56 Å². The van der Waals surface area contributed by atoms with Gasteiger partial charge < -0.3 is 10.1 Å². The van der Waals surface area contributed by atoms with Crippen LogP contribution in [-0.4, -0.2) is 21.0 Å². The van der Waals surface area contributed by atoms with Gasteiger partial charge in [-0.3, -0.25) is 0 Å². The van der Waals surface area contributed by atoms with Crippen LogP contribution in [0, 0.1) is 6.92 Å². The predicted molar refractivity (Wildman–Crippen MR) is 69.8 cm³/mol. The van der Waals surface area contributed by atoms with Crippen LogP contribution in [0.4, 0.5) is 0 Å². The van der Waals surface area contributed by atoms with Gasteiger partial charge in [-0.05, 0) is 25.0 Å². The zero-order valence-electron chi connectivity index (χ0n) is 10.7. The van der Waals surface area contributed by atoms with Crippen LogP contribution in [-0.2, 0) is 0 Å². The minimum Gasteiger partial charge on any atom is -0.478 e. The van der Waals surface area contributed by atoms with E-state index < -0.39 is 5.97 Å². The van der Waals surface area contributed by atoms with Crippen molar-refractivity contribution >= 4 is 5.97 Å². The van der Waals surface area contributed by atoms with E-state index in [4.69, 9.17) is 5.11 Å². The number of rotatable bonds is 3. The second-order valence-electron chi connectivity index (χ2n) is 4.63. The number of imidazole rings is 1. The van der Waals surface area contributed by atoms with Gasteiger partial charge in [-0.25, -0.2) is 9.78 Å². The van der Waals surface area contributed by atoms with Gasteiger partial charge in [0.1, 0.15) is 5.82 Å². The number of aryl methyl sites for hydroxylation is 1. The van der Waals surface area contributed by atoms with Crippen molar-refractivity contribution in [3.63, 3.8) is 0 Å². The maximum atomic E-state index is 10.8. The molecule has 0 bridgehead atoms. The van der Waals surface area contributed by atoms with Crippen molar-refractivity contribution in [1.29, 1.82) is 0 Å². The zero-order valence-corrected chi connectivity index (χ0v) is 10.7. The molecule has 2 rings (SSSR count). The van der Waals surface area contributed by atoms with Gasteiger partial charge in [0.15, 0.2) is 0 Å². The Hall–Kier alpha value is -2.10. The van der Waals surface area contributed by atoms with Crippen molar-refractivity contribution in [3.8, 4) is 11.4 Å². The minimum atomic E-state index is -0.917. The largest absolute Gasteiger partial charge is 0.478 e. The van der Waals surface area contributed by atoms with Crippen LogP contribution in [0.5, 0.6) is 0 Å². The lowest BCUT2D eigenvalue weighted by molar-refractivity contribution is 0.0697. The Bertz CT molecular complexity index is 568. The number of nitrogens with zero attached hydrogens (tertiary/aromatic N) is 1. The first-order chi connectivity index (χ1) is 8.49. The number of carbonyl (C=O) groups is 1. The molecule has 1 aromatic heterocycles. The number of aromatic amines is 1. The minimum absolute atomic E-state index is 0.283. The van der Waals surface area contributed by atoms with Gasteiger partial charge in [-0.1, -0.05) is 26.0 Å². The second kappa shape index (κ2) is 4.64. The molecule has 0 saturated heterocycles. The zero-order chi connectivity index (χ0) is 13.3. The molecular formula is C14H16N2O2. The number of hydrogen-bond donors (Lipinski definition) is 2. The Morgan fingerprint density at radius 2 is 1.89 bits per heavy atom. The normalized spacial score (nSPS) is 10.9. The lowest BCUT2D eigenvalue weighted by Crippen LogP contribution is -1.95. The lowest BCUT2D eigenvalue weighted by Gasteiger charge is -2.00. The summed E-state index contributed by atoms with van der Waals surface area (Å²) in [5.74, 6) is 0.237. The van der Waals surface area contributed by atoms with Gasteiger partial charge in [-0.2, -0.15) is 0 Å². The molecule has 0 radical (unpaired) electrons. The topological polar surface area (TPSA) is 66.0 Å². The Kier molecular flexibility index (Phi) is 3.19. The molecule has 0 aliphatic heterocycles. The van der Waals surface area contributed by atoms with Crippen LogP contribution in [0.1, 0.15) is 41.5 Å². The van der Waals surface area contributed by atoms with E-state index in [0.29, 0.717) is 5.92 Å². The van der Waals surface area contributed by atoms with E-state index in [1.54, 1.807) is 24.3 Å². The highest BCUT2D eigenvalue weighted by atomic mass is 16.4. The van der Waals surface area contributed by atoms with Crippen molar-refractivity contribution in [2.24, 2.45) is 0 Å². The molecule has 2 N–H and O–H groups in total. The predicted octanol–water partition coefficient (Wildman–Crippen LogP) is 3.21. The van der Waals surface area contributed by atoms with Crippen molar-refractivity contribution < 1.29 is 9.90 Å². The molecule has 0 aliphatic carbocycles. The summed E-state index contributed by atoms with van der Waals surface area (Å²) in [7, 11) is 0. The molecule has 0 aliphatic rings. The monoisotopic (exact) mass is 244 g/mol. The summed E-state index contributed by atoms with van der Waals surface area (Å²) in [5.41, 5.74) is 3.29. The van der Waals surface area contributed by atoms with E-state index in [1.807, 2.05) is 6.92 Å². The number of nitrogens with one attached hydrogen (secondary N) is 1. The SMILES string of the molecule is Cc1[nH]c(-c2ccc(C(=O)O)cc2)nc1C(C)C. The summed E-state index contributed by atoms with van der Waals surface area (Å²) in [6.45, 7) is 6.19. The van der Waals surface area contributed by atoms with Crippen LogP contribution in [0.25, 0.3) is 11.4 Å². The van der Waals surface area contributed by atoms with Crippen molar-refractivity contribution in [2.45, 2.75) is 26.7 Å². The molecule has 4 heteroatoms. The Balaban J connectivity index is 2.37. The third kappa shape index (κ3) is 2.27. The molecule has 0 atom stereocenters. The van der Waals surface area contributed by atoms with Crippen LogP contribution in [0.15, 0.2) is 24.3 Å². The molecule has 0 amide bonds. The van der Waals surface area contributed by atoms with Crippen LogP contribution >= 0.6 is 0 Å². The highest BCUT2D eigenvalue weighted by Gasteiger charge is 2.11. The summed E-state index contributed by atoms with van der Waals surface area (Å²) < 4.78 is 0. The van der Waals surface area contributed by atoms with Crippen molar-refractivity contribution in [1.82, 2.24) is 9.97 Å². The van der Waals surface area contributed by atoms with Gasteiger partial charge in [0.2, 0.25) is 0 Å². The Labute approximate surface area is 106 Å². The van der Waals surface area contributed by atoms with E-state index in [2.05, 4.69) is 23.8 Å². The first kappa shape index (κ1) is 12.4. The number of hydrogen-bond acceptors (Lipinski definition) is 2. The van der Waals surface area contributed by atoms with E-state index >= 15 is 0 Å². The molecule has 1 aromatic carbocycles. The van der Waals surface area contributed by atoms with E-state index in [1.165, 1.54) is 0 Å². The third-order valence-corrected chi connectivity index (χ3v) is 2.87. The highest BCUT2D eigenvalue weighted by molar-refractivity contribution is 5.88. The Morgan fingerprint density at radius 3 is 2.33 bits per heavy atom. The maximum Gasteiger partial charge on any atom is 0.335 e. The number of carboxylic acid groups (broad SMARTS) is 1. The standard InChI is InChI=1S/C14H16N2O2/c1-8(2)12-9(3)15-13(16-12)10-4-6-11(7-5-10)14(17)18/h4-8H,1-3H3,(H,15,16)(H,17,18). The van der Waals surface area contributed by atoms with Crippen LogP contribution in [0.3, 0.4) is 0 Å². The number of aromatic carboxylic acids is 1. The number of H-pyrrole nitrogens is 1. The van der Waals surface area contributed by atoms with Crippen molar-refractivity contribution in [2.75, 3.05) is 0 Å². The van der Waals surface area contributed by atoms with Gasteiger partial charge >= 0.3 is 5.97 Å². The molecule has 0 fully saturated rings.